The highest BCUT2D eigenvalue weighted by atomic mass is 32.1. The number of anilines is 1. The van der Waals surface area contributed by atoms with Crippen molar-refractivity contribution in [2.24, 2.45) is 10.2 Å². The number of hydrogen-bond acceptors (Lipinski definition) is 9. The topological polar surface area (TPSA) is 141 Å². The van der Waals surface area contributed by atoms with Gasteiger partial charge in [-0.05, 0) is 43.7 Å². The van der Waals surface area contributed by atoms with Crippen molar-refractivity contribution in [3.8, 4) is 5.69 Å². The fourth-order valence-electron chi connectivity index (χ4n) is 2.68. The smallest absolute Gasteiger partial charge is 0.369 e. The van der Waals surface area contributed by atoms with Crippen LogP contribution in [0.15, 0.2) is 58.7 Å². The van der Waals surface area contributed by atoms with Crippen molar-refractivity contribution in [2.45, 2.75) is 20.8 Å². The average Bonchev–Trinajstić information content (AvgIpc) is 3.22. The van der Waals surface area contributed by atoms with Crippen LogP contribution in [0.2, 0.25) is 0 Å². The Kier molecular flexibility index (Phi) is 7.41. The lowest BCUT2D eigenvalue weighted by Gasteiger charge is -2.03. The molecule has 0 atom stereocenters. The van der Waals surface area contributed by atoms with Crippen LogP contribution in [0.4, 0.5) is 11.4 Å². The highest BCUT2D eigenvalue weighted by Gasteiger charge is 2.16. The SMILES string of the molecule is CCOC(=O)c1nn(-c2ccc([N+](=O)[O-])cc2)/c(=N/N=C(\C)c2ccc(NC(C)=O)cc2)s1. The minimum absolute atomic E-state index is 0.0708. The van der Waals surface area contributed by atoms with Gasteiger partial charge in [-0.3, -0.25) is 14.9 Å². The highest BCUT2D eigenvalue weighted by Crippen LogP contribution is 2.15. The first-order valence-corrected chi connectivity index (χ1v) is 10.6. The monoisotopic (exact) mass is 468 g/mol. The lowest BCUT2D eigenvalue weighted by atomic mass is 10.1. The average molecular weight is 468 g/mol. The van der Waals surface area contributed by atoms with Crippen molar-refractivity contribution in [1.29, 1.82) is 0 Å². The number of nitro groups is 1. The number of nitrogens with zero attached hydrogens (tertiary/aromatic N) is 5. The first-order chi connectivity index (χ1) is 15.8. The minimum Gasteiger partial charge on any atom is -0.461 e. The molecule has 0 aliphatic rings. The summed E-state index contributed by atoms with van der Waals surface area (Å²) in [6, 6.07) is 12.8. The van der Waals surface area contributed by atoms with Gasteiger partial charge >= 0.3 is 5.97 Å². The number of esters is 1. The van der Waals surface area contributed by atoms with E-state index in [1.54, 1.807) is 38.1 Å². The maximum absolute atomic E-state index is 12.2. The molecule has 1 heterocycles. The Balaban J connectivity index is 1.99. The number of benzene rings is 2. The first-order valence-electron chi connectivity index (χ1n) is 9.77. The fourth-order valence-corrected chi connectivity index (χ4v) is 3.43. The minimum atomic E-state index is -0.603. The van der Waals surface area contributed by atoms with Crippen LogP contribution in [0.5, 0.6) is 0 Å². The van der Waals surface area contributed by atoms with E-state index in [4.69, 9.17) is 4.74 Å². The van der Waals surface area contributed by atoms with Gasteiger partial charge in [0.15, 0.2) is 0 Å². The van der Waals surface area contributed by atoms with Gasteiger partial charge in [-0.15, -0.1) is 10.2 Å². The number of amides is 1. The molecular formula is C21H20N6O5S. The van der Waals surface area contributed by atoms with Crippen LogP contribution in [-0.2, 0) is 9.53 Å². The third kappa shape index (κ3) is 5.95. The van der Waals surface area contributed by atoms with Gasteiger partial charge in [0.05, 0.1) is 22.9 Å². The second-order valence-corrected chi connectivity index (χ2v) is 7.60. The third-order valence-electron chi connectivity index (χ3n) is 4.22. The summed E-state index contributed by atoms with van der Waals surface area (Å²) in [7, 11) is 0. The summed E-state index contributed by atoms with van der Waals surface area (Å²) in [5.41, 5.74) is 2.43. The van der Waals surface area contributed by atoms with E-state index in [9.17, 15) is 19.7 Å². The Labute approximate surface area is 192 Å². The molecule has 2 aromatic carbocycles. The molecule has 0 spiro atoms. The van der Waals surface area contributed by atoms with Crippen molar-refractivity contribution in [1.82, 2.24) is 9.78 Å². The van der Waals surface area contributed by atoms with E-state index < -0.39 is 10.9 Å². The summed E-state index contributed by atoms with van der Waals surface area (Å²) in [5.74, 6) is -0.768. The zero-order chi connectivity index (χ0) is 24.0. The molecule has 12 heteroatoms. The van der Waals surface area contributed by atoms with Crippen LogP contribution in [0.3, 0.4) is 0 Å². The van der Waals surface area contributed by atoms with Crippen molar-refractivity contribution in [2.75, 3.05) is 11.9 Å². The molecule has 33 heavy (non-hydrogen) atoms. The van der Waals surface area contributed by atoms with E-state index in [2.05, 4.69) is 20.6 Å². The molecule has 1 aromatic heterocycles. The van der Waals surface area contributed by atoms with Crippen molar-refractivity contribution in [3.63, 3.8) is 0 Å². The molecule has 0 bridgehead atoms. The molecule has 11 nitrogen and oxygen atoms in total. The van der Waals surface area contributed by atoms with Gasteiger partial charge in [-0.2, -0.15) is 5.10 Å². The van der Waals surface area contributed by atoms with Gasteiger partial charge in [-0.1, -0.05) is 23.5 Å². The molecule has 0 unspecified atom stereocenters. The van der Waals surface area contributed by atoms with E-state index in [1.165, 1.54) is 35.9 Å². The Hall–Kier alpha value is -4.19. The van der Waals surface area contributed by atoms with E-state index in [0.717, 1.165) is 16.9 Å². The van der Waals surface area contributed by atoms with E-state index in [1.807, 2.05) is 0 Å². The predicted octanol–water partition coefficient (Wildman–Crippen LogP) is 3.30. The number of non-ortho nitro benzene ring substituents is 1. The molecule has 0 saturated carbocycles. The van der Waals surface area contributed by atoms with Gasteiger partial charge in [0.2, 0.25) is 15.7 Å². The number of nitro benzene ring substituents is 1. The van der Waals surface area contributed by atoms with Crippen LogP contribution in [0.25, 0.3) is 5.69 Å². The third-order valence-corrected chi connectivity index (χ3v) is 5.10. The molecular weight excluding hydrogens is 448 g/mol. The number of rotatable bonds is 7. The molecule has 170 valence electrons. The highest BCUT2D eigenvalue weighted by molar-refractivity contribution is 7.10. The quantitative estimate of drug-likeness (QED) is 0.244. The summed E-state index contributed by atoms with van der Waals surface area (Å²) in [4.78, 5) is 34.0. The number of ether oxygens (including phenoxy) is 1. The van der Waals surface area contributed by atoms with Crippen LogP contribution in [0.1, 0.15) is 36.1 Å². The molecule has 0 saturated heterocycles. The first kappa shape index (κ1) is 23.5. The Morgan fingerprint density at radius 2 is 1.82 bits per heavy atom. The van der Waals surface area contributed by atoms with Crippen molar-refractivity contribution in [3.05, 3.63) is 74.0 Å². The standard InChI is InChI=1S/C21H20N6O5S/c1-4-32-20(29)19-25-26(17-9-11-18(12-10-17)27(30)31)21(33-19)24-23-13(2)15-5-7-16(8-6-15)22-14(3)28/h5-12H,4H2,1-3H3,(H,22,28)/b23-13+,24-21-. The van der Waals surface area contributed by atoms with Gasteiger partial charge < -0.3 is 10.1 Å². The maximum atomic E-state index is 12.2. The molecule has 1 N–H and O–H groups in total. The van der Waals surface area contributed by atoms with Gasteiger partial charge in [0.25, 0.3) is 5.69 Å². The zero-order valence-electron chi connectivity index (χ0n) is 18.0. The van der Waals surface area contributed by atoms with E-state index >= 15 is 0 Å². The summed E-state index contributed by atoms with van der Waals surface area (Å²) in [6.45, 7) is 5.07. The van der Waals surface area contributed by atoms with E-state index in [-0.39, 0.29) is 28.0 Å². The second-order valence-electron chi connectivity index (χ2n) is 6.64. The fraction of sp³-hybridized carbons (Fsp3) is 0.190. The van der Waals surface area contributed by atoms with Gasteiger partial charge in [0.1, 0.15) is 0 Å². The van der Waals surface area contributed by atoms with Crippen LogP contribution in [0, 0.1) is 10.1 Å². The van der Waals surface area contributed by atoms with E-state index in [0.29, 0.717) is 17.1 Å². The number of aromatic nitrogens is 2. The zero-order valence-corrected chi connectivity index (χ0v) is 18.8. The molecule has 0 aliphatic heterocycles. The summed E-state index contributed by atoms with van der Waals surface area (Å²) < 4.78 is 6.39. The molecule has 0 fully saturated rings. The molecule has 1 amide bonds. The summed E-state index contributed by atoms with van der Waals surface area (Å²) >= 11 is 0.982. The van der Waals surface area contributed by atoms with Crippen LogP contribution in [-0.4, -0.2) is 38.9 Å². The molecule has 3 rings (SSSR count). The number of hydrogen-bond donors (Lipinski definition) is 1. The lowest BCUT2D eigenvalue weighted by molar-refractivity contribution is -0.384. The number of carbonyl (C=O) groups is 2. The number of carbonyl (C=O) groups excluding carboxylic acids is 2. The Morgan fingerprint density at radius 3 is 2.39 bits per heavy atom. The van der Waals surface area contributed by atoms with Crippen LogP contribution < -0.4 is 10.1 Å². The maximum Gasteiger partial charge on any atom is 0.369 e. The normalized spacial score (nSPS) is 11.8. The summed E-state index contributed by atoms with van der Waals surface area (Å²) in [6.07, 6.45) is 0. The molecule has 0 radical (unpaired) electrons. The summed E-state index contributed by atoms with van der Waals surface area (Å²) in [5, 5.41) is 26.4. The van der Waals surface area contributed by atoms with Crippen LogP contribution >= 0.6 is 11.3 Å². The number of nitrogens with one attached hydrogen (secondary N) is 1. The Bertz CT molecular complexity index is 1280. The van der Waals surface area contributed by atoms with Gasteiger partial charge in [0, 0.05) is 24.7 Å². The Morgan fingerprint density at radius 1 is 1.15 bits per heavy atom. The van der Waals surface area contributed by atoms with Crippen molar-refractivity contribution >= 4 is 40.3 Å². The molecule has 3 aromatic rings. The second kappa shape index (κ2) is 10.4. The largest absolute Gasteiger partial charge is 0.461 e. The predicted molar refractivity (Wildman–Crippen MR) is 123 cm³/mol. The lowest BCUT2D eigenvalue weighted by Crippen LogP contribution is -2.14. The van der Waals surface area contributed by atoms with Gasteiger partial charge in [-0.25, -0.2) is 9.48 Å². The molecule has 0 aliphatic carbocycles. The van der Waals surface area contributed by atoms with Crippen molar-refractivity contribution < 1.29 is 19.2 Å².